The minimum absolute atomic E-state index is 0.0203. The number of nitro benzene ring substituents is 2. The van der Waals surface area contributed by atoms with Gasteiger partial charge in [-0.3, -0.25) is 30.0 Å². The Labute approximate surface area is 477 Å². The predicted molar refractivity (Wildman–Crippen MR) is 282 cm³/mol. The molecule has 0 radical (unpaired) electrons. The Kier molecular flexibility index (Phi) is 24.8. The lowest BCUT2D eigenvalue weighted by Crippen LogP contribution is -2.09. The highest BCUT2D eigenvalue weighted by molar-refractivity contribution is 7.15. The number of anilines is 3. The Morgan fingerprint density at radius 3 is 1.62 bits per heavy atom. The van der Waals surface area contributed by atoms with E-state index in [0.29, 0.717) is 46.3 Å². The third-order valence-electron chi connectivity index (χ3n) is 10.9. The maximum absolute atomic E-state index is 13.2. The molecule has 0 saturated heterocycles. The summed E-state index contributed by atoms with van der Waals surface area (Å²) in [4.78, 5) is 45.7. The van der Waals surface area contributed by atoms with Crippen LogP contribution in [0.5, 0.6) is 17.2 Å². The molecule has 0 spiro atoms. The number of rotatable bonds is 20. The molecule has 1 unspecified atom stereocenters. The van der Waals surface area contributed by atoms with Gasteiger partial charge in [0.25, 0.3) is 5.69 Å². The summed E-state index contributed by atoms with van der Waals surface area (Å²) in [6.45, 7) is 2.72. The first-order valence-corrected chi connectivity index (χ1v) is 24.9. The summed E-state index contributed by atoms with van der Waals surface area (Å²) in [5, 5.41) is 23.8. The van der Waals surface area contributed by atoms with Crippen LogP contribution in [0.4, 0.5) is 80.6 Å². The fraction of sp³-hybridized carbons (Fsp3) is 0.333. The number of alkyl halides is 12. The number of Topliss-reactive ketones (excluding diaryl/α,β-unsaturated/α-hetero) is 1. The number of pyridine rings is 1. The largest absolute Gasteiger partial charge is 0.489 e. The highest BCUT2D eigenvalue weighted by Crippen LogP contribution is 2.40. The van der Waals surface area contributed by atoms with Crippen molar-refractivity contribution in [1.82, 2.24) is 19.5 Å². The number of nitro groups is 2. The second kappa shape index (κ2) is 30.5. The number of nitrogens with one attached hydrogen (secondary N) is 1. The molecule has 4 aromatic carbocycles. The third kappa shape index (κ3) is 20.7. The number of thiazole rings is 1. The number of nitrogen functional groups attached to an aromatic ring is 1. The van der Waals surface area contributed by atoms with Crippen LogP contribution in [0.2, 0.25) is 5.02 Å². The fourth-order valence-electron chi connectivity index (χ4n) is 6.60. The molecule has 19 nitrogen and oxygen atoms in total. The van der Waals surface area contributed by atoms with E-state index in [0.717, 1.165) is 46.8 Å². The van der Waals surface area contributed by atoms with Gasteiger partial charge < -0.3 is 44.0 Å². The quantitative estimate of drug-likeness (QED) is 0.0180. The minimum atomic E-state index is -4.57. The van der Waals surface area contributed by atoms with Gasteiger partial charge in [-0.1, -0.05) is 18.5 Å². The molecule has 33 heteroatoms. The summed E-state index contributed by atoms with van der Waals surface area (Å²) >= 11 is 6.60. The van der Waals surface area contributed by atoms with Crippen molar-refractivity contribution in [1.29, 1.82) is 0 Å². The van der Waals surface area contributed by atoms with Crippen LogP contribution in [0.25, 0.3) is 11.0 Å². The first-order valence-electron chi connectivity index (χ1n) is 23.7. The van der Waals surface area contributed by atoms with Gasteiger partial charge in [0.1, 0.15) is 47.6 Å². The smallest absolute Gasteiger partial charge is 0.416 e. The van der Waals surface area contributed by atoms with Crippen LogP contribution in [0.1, 0.15) is 56.9 Å². The SMILES string of the molecule is COCCOc1cc(C(F)(F)F)ccc1N.COCCOc1cc(C(F)(F)F)ccc1Nc1ncc(C(C)CC(=O)c2cc3c(cn2)ncn3C)s1.COCCOc1cc(C(F)(F)F)ccc1[N+](=O)[O-].O=[N+]([O-])c1ccc(C(F)(F)F)cc1Cl. The lowest BCUT2D eigenvalue weighted by molar-refractivity contribution is -0.386. The highest BCUT2D eigenvalue weighted by Gasteiger charge is 2.35. The van der Waals surface area contributed by atoms with Crippen LogP contribution in [0.15, 0.2) is 97.6 Å². The van der Waals surface area contributed by atoms with Gasteiger partial charge in [-0.15, -0.1) is 11.3 Å². The van der Waals surface area contributed by atoms with Crippen LogP contribution in [0, 0.1) is 20.2 Å². The molecule has 0 bridgehead atoms. The maximum Gasteiger partial charge on any atom is 0.416 e. The normalized spacial score (nSPS) is 11.9. The molecule has 0 saturated carbocycles. The summed E-state index contributed by atoms with van der Waals surface area (Å²) in [6, 6.07) is 11.8. The van der Waals surface area contributed by atoms with Crippen LogP contribution >= 0.6 is 22.9 Å². The number of fused-ring (bicyclic) bond motifs is 1. The summed E-state index contributed by atoms with van der Waals surface area (Å²) in [5.74, 6) is -0.609. The number of carbonyl (C=O) groups is 1. The van der Waals surface area contributed by atoms with E-state index in [1.807, 2.05) is 18.5 Å². The average Bonchev–Trinajstić information content (AvgIpc) is 4.18. The van der Waals surface area contributed by atoms with Crippen molar-refractivity contribution in [3.8, 4) is 17.2 Å². The molecule has 0 aliphatic carbocycles. The van der Waals surface area contributed by atoms with Gasteiger partial charge in [0, 0.05) is 58.0 Å². The molecule has 3 aromatic heterocycles. The number of halogens is 13. The number of methoxy groups -OCH3 is 3. The first kappa shape index (κ1) is 68.4. The number of hydrogen-bond donors (Lipinski definition) is 2. The minimum Gasteiger partial charge on any atom is -0.489 e. The fourth-order valence-corrected chi connectivity index (χ4v) is 7.73. The molecular weight excluding hydrogens is 1200 g/mol. The van der Waals surface area contributed by atoms with Crippen molar-refractivity contribution in [2.75, 3.05) is 72.0 Å². The number of hydrogen-bond acceptors (Lipinski definition) is 17. The number of ketones is 1. The number of imidazole rings is 1. The summed E-state index contributed by atoms with van der Waals surface area (Å²) in [5.41, 5.74) is 3.24. The number of aryl methyl sites for hydroxylation is 1. The molecule has 7 aromatic rings. The van der Waals surface area contributed by atoms with Crippen molar-refractivity contribution in [3.63, 3.8) is 0 Å². The van der Waals surface area contributed by atoms with Gasteiger partial charge in [0.15, 0.2) is 16.7 Å². The van der Waals surface area contributed by atoms with E-state index in [-0.39, 0.29) is 74.9 Å². The van der Waals surface area contributed by atoms with Gasteiger partial charge in [-0.25, -0.2) is 9.97 Å². The summed E-state index contributed by atoms with van der Waals surface area (Å²) in [6.07, 6.45) is -12.9. The molecule has 0 amide bonds. The molecule has 1 atom stereocenters. The lowest BCUT2D eigenvalue weighted by atomic mass is 10.0. The van der Waals surface area contributed by atoms with Gasteiger partial charge in [-0.2, -0.15) is 52.7 Å². The topological polar surface area (TPSA) is 240 Å². The first-order chi connectivity index (χ1) is 39.3. The third-order valence-corrected chi connectivity index (χ3v) is 12.3. The van der Waals surface area contributed by atoms with Crippen LogP contribution in [-0.4, -0.2) is 96.1 Å². The van der Waals surface area contributed by atoms with E-state index in [2.05, 4.69) is 25.0 Å². The van der Waals surface area contributed by atoms with Gasteiger partial charge in [0.2, 0.25) is 0 Å². The zero-order chi connectivity index (χ0) is 62.7. The van der Waals surface area contributed by atoms with E-state index in [1.54, 1.807) is 24.8 Å². The van der Waals surface area contributed by atoms with Crippen LogP contribution in [0.3, 0.4) is 0 Å². The molecule has 0 aliphatic rings. The Hall–Kier alpha value is -8.07. The Morgan fingerprint density at radius 1 is 0.643 bits per heavy atom. The zero-order valence-electron chi connectivity index (χ0n) is 44.3. The molecule has 3 heterocycles. The van der Waals surface area contributed by atoms with Gasteiger partial charge in [-0.05, 0) is 72.6 Å². The molecule has 456 valence electrons. The monoisotopic (exact) mass is 1240 g/mol. The lowest BCUT2D eigenvalue weighted by Gasteiger charge is -2.15. The molecular formula is C51H49ClF12N8O11S. The Morgan fingerprint density at radius 2 is 1.11 bits per heavy atom. The second-order valence-corrected chi connectivity index (χ2v) is 18.4. The molecule has 0 fully saturated rings. The van der Waals surface area contributed by atoms with Crippen LogP contribution < -0.4 is 25.3 Å². The van der Waals surface area contributed by atoms with Gasteiger partial charge >= 0.3 is 30.4 Å². The number of carbonyl (C=O) groups excluding carboxylic acids is 1. The molecule has 3 N–H and O–H groups in total. The van der Waals surface area contributed by atoms with E-state index >= 15 is 0 Å². The molecule has 84 heavy (non-hydrogen) atoms. The highest BCUT2D eigenvalue weighted by atomic mass is 35.5. The van der Waals surface area contributed by atoms with Gasteiger partial charge in [0.05, 0.1) is 81.3 Å². The zero-order valence-corrected chi connectivity index (χ0v) is 45.9. The van der Waals surface area contributed by atoms with E-state index in [1.165, 1.54) is 44.8 Å². The number of benzene rings is 4. The number of nitrogens with zero attached hydrogens (tertiary/aromatic N) is 6. The number of ether oxygens (including phenoxy) is 6. The maximum atomic E-state index is 13.2. The summed E-state index contributed by atoms with van der Waals surface area (Å²) < 4.78 is 182. The number of aromatic nitrogens is 4. The van der Waals surface area contributed by atoms with Crippen molar-refractivity contribution in [2.45, 2.75) is 44.0 Å². The van der Waals surface area contributed by atoms with Crippen LogP contribution in [-0.2, 0) is 46.0 Å². The summed E-state index contributed by atoms with van der Waals surface area (Å²) in [7, 11) is 6.18. The van der Waals surface area contributed by atoms with Crippen molar-refractivity contribution in [3.05, 3.63) is 156 Å². The van der Waals surface area contributed by atoms with E-state index < -0.39 is 79.0 Å². The van der Waals surface area contributed by atoms with Crippen molar-refractivity contribution in [2.24, 2.45) is 7.05 Å². The second-order valence-electron chi connectivity index (χ2n) is 17.0. The molecule has 0 aliphatic heterocycles. The average molecular weight is 1250 g/mol. The standard InChI is InChI=1S/C24H24F3N5O3S.C10H10F3NO4.C10H12F3NO2.C7H3ClF3NO2/c1-14(8-20(33)17-10-19-18(11-28-17)30-13-32(19)2)22-12-29-23(36-22)31-16-5-4-15(24(25,26)27)9-21(16)35-7-6-34-3;1-17-4-5-18-9-6-7(10(11,12)13)2-3-8(9)14(15)16;1-15-4-5-16-9-6-7(10(11,12)13)2-3-8(9)14;8-5-3-4(7(9,10)11)1-2-6(5)12(13)14/h4-5,9-14H,6-8H2,1-3H3,(H,29,31);2-3,6H,4-5H2,1H3;2-3,6H,4-5,14H2,1H3;1-3H. The predicted octanol–water partition coefficient (Wildman–Crippen LogP) is 13.8. The van der Waals surface area contributed by atoms with Crippen molar-refractivity contribution < 1.29 is 95.7 Å². The Balaban J connectivity index is 0.000000265. The number of nitrogens with two attached hydrogens (primary N) is 1. The Bertz CT molecular complexity index is 3330. The molecule has 7 rings (SSSR count). The van der Waals surface area contributed by atoms with E-state index in [4.69, 9.17) is 41.0 Å². The van der Waals surface area contributed by atoms with E-state index in [9.17, 15) is 77.7 Å². The van der Waals surface area contributed by atoms with Crippen molar-refractivity contribution >= 4 is 67.6 Å².